The average molecular weight is 675 g/mol. The van der Waals surface area contributed by atoms with Crippen LogP contribution in [-0.2, 0) is 9.47 Å². The Labute approximate surface area is 272 Å². The van der Waals surface area contributed by atoms with Gasteiger partial charge in [-0.15, -0.1) is 0 Å². The maximum Gasteiger partial charge on any atom is 0.422 e. The molecule has 2 aromatic carbocycles. The highest BCUT2D eigenvalue weighted by atomic mass is 19.4. The molecule has 262 valence electrons. The standard InChI is InChI=1S/C36H45F7O4/c1-2-3-4-5-23-20-44-34(45-21-23)27-12-16-30(31(37)18-27)26-8-6-24(7-9-26)25-10-13-28(14-11-25)36(42,43)47-29-15-17-33(32(38)19-29)46-22-35(39,40)41/h12,15-19,23-26,28,34H,2-11,13-14,20-22H2,1H3. The van der Waals surface area contributed by atoms with Gasteiger partial charge in [0.2, 0.25) is 0 Å². The van der Waals surface area contributed by atoms with Crippen LogP contribution in [0.1, 0.15) is 107 Å². The number of hydrogen-bond donors (Lipinski definition) is 0. The minimum absolute atomic E-state index is 0.108. The van der Waals surface area contributed by atoms with Crippen molar-refractivity contribution in [1.82, 2.24) is 0 Å². The van der Waals surface area contributed by atoms with Gasteiger partial charge in [0.1, 0.15) is 11.6 Å². The van der Waals surface area contributed by atoms with Gasteiger partial charge in [0.15, 0.2) is 24.5 Å². The lowest BCUT2D eigenvalue weighted by Crippen LogP contribution is -2.38. The van der Waals surface area contributed by atoms with Crippen LogP contribution in [-0.4, -0.2) is 32.1 Å². The van der Waals surface area contributed by atoms with E-state index in [4.69, 9.17) is 14.2 Å². The van der Waals surface area contributed by atoms with Crippen LogP contribution in [0.4, 0.5) is 30.7 Å². The van der Waals surface area contributed by atoms with E-state index in [2.05, 4.69) is 11.7 Å². The third-order valence-electron chi connectivity index (χ3n) is 10.2. The molecule has 2 aromatic rings. The van der Waals surface area contributed by atoms with Crippen LogP contribution in [0.3, 0.4) is 0 Å². The Morgan fingerprint density at radius 3 is 2.02 bits per heavy atom. The minimum Gasteiger partial charge on any atom is -0.481 e. The molecule has 0 aromatic heterocycles. The Morgan fingerprint density at radius 2 is 1.43 bits per heavy atom. The number of unbranched alkanes of at least 4 members (excludes halogenated alkanes) is 2. The molecule has 2 saturated carbocycles. The van der Waals surface area contributed by atoms with Gasteiger partial charge >= 0.3 is 12.3 Å². The first-order valence-electron chi connectivity index (χ1n) is 17.0. The van der Waals surface area contributed by atoms with E-state index in [0.717, 1.165) is 50.7 Å². The number of ether oxygens (including phenoxy) is 4. The zero-order valence-electron chi connectivity index (χ0n) is 26.8. The zero-order chi connectivity index (χ0) is 33.6. The van der Waals surface area contributed by atoms with Crippen LogP contribution < -0.4 is 9.47 Å². The molecule has 1 heterocycles. The Kier molecular flexibility index (Phi) is 12.0. The lowest BCUT2D eigenvalue weighted by atomic mass is 9.68. The molecule has 0 bridgehead atoms. The van der Waals surface area contributed by atoms with E-state index in [1.54, 1.807) is 0 Å². The summed E-state index contributed by atoms with van der Waals surface area (Å²) in [6.45, 7) is 1.72. The number of rotatable bonds is 12. The second kappa shape index (κ2) is 15.8. The van der Waals surface area contributed by atoms with Crippen LogP contribution in [0.25, 0.3) is 0 Å². The highest BCUT2D eigenvalue weighted by Crippen LogP contribution is 2.47. The molecule has 0 spiro atoms. The molecule has 0 atom stereocenters. The molecule has 4 nitrogen and oxygen atoms in total. The molecule has 47 heavy (non-hydrogen) atoms. The molecule has 0 amide bonds. The van der Waals surface area contributed by atoms with Crippen LogP contribution in [0.15, 0.2) is 36.4 Å². The summed E-state index contributed by atoms with van der Waals surface area (Å²) in [5.41, 5.74) is 1.40. The summed E-state index contributed by atoms with van der Waals surface area (Å²) in [4.78, 5) is 0. The van der Waals surface area contributed by atoms with E-state index >= 15 is 13.2 Å². The minimum atomic E-state index is -4.66. The number of alkyl halides is 5. The first kappa shape index (κ1) is 35.8. The van der Waals surface area contributed by atoms with Crippen molar-refractivity contribution in [3.63, 3.8) is 0 Å². The second-order valence-electron chi connectivity index (χ2n) is 13.5. The summed E-state index contributed by atoms with van der Waals surface area (Å²) in [6, 6.07) is 7.74. The van der Waals surface area contributed by atoms with E-state index in [0.29, 0.717) is 61.0 Å². The van der Waals surface area contributed by atoms with Crippen molar-refractivity contribution < 1.29 is 49.7 Å². The van der Waals surface area contributed by atoms with E-state index in [1.807, 2.05) is 12.1 Å². The van der Waals surface area contributed by atoms with Gasteiger partial charge < -0.3 is 18.9 Å². The monoisotopic (exact) mass is 674 g/mol. The maximum atomic E-state index is 15.3. The largest absolute Gasteiger partial charge is 0.481 e. The Morgan fingerprint density at radius 1 is 0.766 bits per heavy atom. The summed E-state index contributed by atoms with van der Waals surface area (Å²) in [7, 11) is 0. The second-order valence-corrected chi connectivity index (χ2v) is 13.5. The predicted octanol–water partition coefficient (Wildman–Crippen LogP) is 10.9. The topological polar surface area (TPSA) is 36.9 Å². The first-order chi connectivity index (χ1) is 22.4. The van der Waals surface area contributed by atoms with E-state index in [9.17, 15) is 17.6 Å². The molecule has 11 heteroatoms. The van der Waals surface area contributed by atoms with Gasteiger partial charge in [0, 0.05) is 17.5 Å². The molecule has 0 radical (unpaired) electrons. The Hall–Kier alpha value is -2.53. The number of hydrogen-bond acceptors (Lipinski definition) is 4. The summed E-state index contributed by atoms with van der Waals surface area (Å²) in [5.74, 6) is -2.51. The van der Waals surface area contributed by atoms with Crippen LogP contribution >= 0.6 is 0 Å². The van der Waals surface area contributed by atoms with Crippen LogP contribution in [0, 0.1) is 35.3 Å². The fourth-order valence-corrected chi connectivity index (χ4v) is 7.50. The van der Waals surface area contributed by atoms with Crippen molar-refractivity contribution in [2.24, 2.45) is 23.7 Å². The predicted molar refractivity (Wildman–Crippen MR) is 162 cm³/mol. The third kappa shape index (κ3) is 9.77. The SMILES string of the molecule is CCCCCC1COC(c2ccc(C3CCC(C4CCC(C(F)(F)Oc5ccc(OCC(F)(F)F)c(F)c5)CC4)CC3)c(F)c2)OC1. The quantitative estimate of drug-likeness (QED) is 0.166. The highest BCUT2D eigenvalue weighted by molar-refractivity contribution is 5.33. The molecule has 1 aliphatic heterocycles. The van der Waals surface area contributed by atoms with Gasteiger partial charge in [0.25, 0.3) is 0 Å². The van der Waals surface area contributed by atoms with Crippen molar-refractivity contribution in [1.29, 1.82) is 0 Å². The third-order valence-corrected chi connectivity index (χ3v) is 10.2. The molecule has 0 unspecified atom stereocenters. The molecule has 1 saturated heterocycles. The fourth-order valence-electron chi connectivity index (χ4n) is 7.50. The maximum absolute atomic E-state index is 15.3. The summed E-state index contributed by atoms with van der Waals surface area (Å²) >= 11 is 0. The highest BCUT2D eigenvalue weighted by Gasteiger charge is 2.45. The first-order valence-corrected chi connectivity index (χ1v) is 17.0. The lowest BCUT2D eigenvalue weighted by molar-refractivity contribution is -0.224. The van der Waals surface area contributed by atoms with Gasteiger partial charge in [-0.05, 0) is 99.3 Å². The van der Waals surface area contributed by atoms with Crippen molar-refractivity contribution in [3.05, 3.63) is 59.2 Å². The van der Waals surface area contributed by atoms with Crippen LogP contribution in [0.2, 0.25) is 0 Å². The molecular formula is C36H45F7O4. The summed E-state index contributed by atoms with van der Waals surface area (Å²) < 4.78 is 118. The van der Waals surface area contributed by atoms with Crippen molar-refractivity contribution in [2.75, 3.05) is 19.8 Å². The number of benzene rings is 2. The fraction of sp³-hybridized carbons (Fsp3) is 0.667. The molecule has 5 rings (SSSR count). The molecule has 2 aliphatic carbocycles. The van der Waals surface area contributed by atoms with Gasteiger partial charge in [-0.2, -0.15) is 22.0 Å². The Bertz CT molecular complexity index is 1280. The van der Waals surface area contributed by atoms with Crippen LogP contribution in [0.5, 0.6) is 11.5 Å². The van der Waals surface area contributed by atoms with Gasteiger partial charge in [-0.1, -0.05) is 38.3 Å². The molecular weight excluding hydrogens is 629 g/mol. The van der Waals surface area contributed by atoms with Crippen molar-refractivity contribution >= 4 is 0 Å². The smallest absolute Gasteiger partial charge is 0.422 e. The Balaban J connectivity index is 1.06. The summed E-state index contributed by atoms with van der Waals surface area (Å²) in [6.07, 6.45) is 1.06. The zero-order valence-corrected chi connectivity index (χ0v) is 26.8. The van der Waals surface area contributed by atoms with E-state index < -0.39 is 48.4 Å². The van der Waals surface area contributed by atoms with Gasteiger partial charge in [0.05, 0.1) is 19.1 Å². The van der Waals surface area contributed by atoms with E-state index in [-0.39, 0.29) is 24.6 Å². The average Bonchev–Trinajstić information content (AvgIpc) is 3.04. The molecule has 3 aliphatic rings. The molecule has 3 fully saturated rings. The van der Waals surface area contributed by atoms with Gasteiger partial charge in [-0.25, -0.2) is 8.78 Å². The molecule has 0 N–H and O–H groups in total. The van der Waals surface area contributed by atoms with Crippen molar-refractivity contribution in [2.45, 2.75) is 108 Å². The summed E-state index contributed by atoms with van der Waals surface area (Å²) in [5, 5.41) is 0. The van der Waals surface area contributed by atoms with Crippen molar-refractivity contribution in [3.8, 4) is 11.5 Å². The number of halogens is 7. The van der Waals surface area contributed by atoms with Gasteiger partial charge in [-0.3, -0.25) is 0 Å². The van der Waals surface area contributed by atoms with E-state index in [1.165, 1.54) is 18.9 Å². The normalized spacial score (nSPS) is 27.4. The lowest BCUT2D eigenvalue weighted by Gasteiger charge is -2.39.